The lowest BCUT2D eigenvalue weighted by Gasteiger charge is -2.15. The Labute approximate surface area is 128 Å². The van der Waals surface area contributed by atoms with Gasteiger partial charge in [-0.2, -0.15) is 0 Å². The highest BCUT2D eigenvalue weighted by molar-refractivity contribution is 6.29. The lowest BCUT2D eigenvalue weighted by atomic mass is 10.2. The Morgan fingerprint density at radius 3 is 2.90 bits per heavy atom. The lowest BCUT2D eigenvalue weighted by Crippen LogP contribution is -2.24. The van der Waals surface area contributed by atoms with E-state index in [-0.39, 0.29) is 5.91 Å². The summed E-state index contributed by atoms with van der Waals surface area (Å²) in [6.45, 7) is 3.11. The first-order valence-corrected chi connectivity index (χ1v) is 6.93. The van der Waals surface area contributed by atoms with Crippen LogP contribution in [0.25, 0.3) is 0 Å². The molecular weight excluding hydrogens is 292 g/mol. The molecule has 1 amide bonds. The number of hydrogen-bond acceptors (Lipinski definition) is 5. The molecule has 0 saturated heterocycles. The van der Waals surface area contributed by atoms with Crippen LogP contribution >= 0.6 is 11.6 Å². The molecule has 0 bridgehead atoms. The van der Waals surface area contributed by atoms with Crippen molar-refractivity contribution in [2.24, 2.45) is 0 Å². The van der Waals surface area contributed by atoms with Crippen molar-refractivity contribution in [3.05, 3.63) is 40.9 Å². The van der Waals surface area contributed by atoms with E-state index in [4.69, 9.17) is 16.1 Å². The molecule has 0 radical (unpaired) electrons. The second-order valence-corrected chi connectivity index (χ2v) is 5.24. The number of aryl methyl sites for hydroxylation is 1. The highest BCUT2D eigenvalue weighted by atomic mass is 35.5. The molecule has 21 heavy (non-hydrogen) atoms. The number of amides is 1. The van der Waals surface area contributed by atoms with Crippen LogP contribution in [0.3, 0.4) is 0 Å². The van der Waals surface area contributed by atoms with E-state index in [1.807, 2.05) is 18.0 Å². The first-order chi connectivity index (χ1) is 10.0. The molecule has 0 fully saturated rings. The summed E-state index contributed by atoms with van der Waals surface area (Å²) in [5.74, 6) is 1.02. The average molecular weight is 309 g/mol. The van der Waals surface area contributed by atoms with Crippen LogP contribution in [0.2, 0.25) is 5.15 Å². The topological polar surface area (TPSA) is 71.3 Å². The number of anilines is 1. The van der Waals surface area contributed by atoms with E-state index in [0.29, 0.717) is 36.2 Å². The number of aromatic nitrogens is 2. The zero-order chi connectivity index (χ0) is 15.2. The smallest absolute Gasteiger partial charge is 0.226 e. The summed E-state index contributed by atoms with van der Waals surface area (Å²) in [6, 6.07) is 5.36. The maximum atomic E-state index is 11.8. The number of carbonyl (C=O) groups is 1. The third-order valence-corrected chi connectivity index (χ3v) is 3.08. The molecule has 0 atom stereocenters. The van der Waals surface area contributed by atoms with Gasteiger partial charge in [0.15, 0.2) is 5.82 Å². The third kappa shape index (κ3) is 5.17. The Morgan fingerprint density at radius 2 is 2.29 bits per heavy atom. The number of pyridine rings is 1. The van der Waals surface area contributed by atoms with E-state index in [9.17, 15) is 4.79 Å². The molecule has 2 aromatic rings. The molecule has 0 aromatic carbocycles. The zero-order valence-electron chi connectivity index (χ0n) is 12.0. The van der Waals surface area contributed by atoms with Gasteiger partial charge < -0.3 is 14.7 Å². The molecule has 0 aliphatic rings. The van der Waals surface area contributed by atoms with Crippen LogP contribution in [0, 0.1) is 6.92 Å². The second-order valence-electron chi connectivity index (χ2n) is 4.85. The predicted octanol–water partition coefficient (Wildman–Crippen LogP) is 2.49. The molecule has 0 spiro atoms. The van der Waals surface area contributed by atoms with Crippen molar-refractivity contribution in [1.29, 1.82) is 0 Å². The Morgan fingerprint density at radius 1 is 1.48 bits per heavy atom. The molecule has 7 heteroatoms. The molecule has 1 N–H and O–H groups in total. The maximum absolute atomic E-state index is 11.8. The maximum Gasteiger partial charge on any atom is 0.226 e. The highest BCUT2D eigenvalue weighted by Crippen LogP contribution is 2.09. The first kappa shape index (κ1) is 15.5. The summed E-state index contributed by atoms with van der Waals surface area (Å²) in [5, 5.41) is 6.88. The number of nitrogens with zero attached hydrogens (tertiary/aromatic N) is 3. The van der Waals surface area contributed by atoms with Crippen molar-refractivity contribution in [2.45, 2.75) is 19.9 Å². The van der Waals surface area contributed by atoms with Crippen LogP contribution in [0.4, 0.5) is 5.82 Å². The van der Waals surface area contributed by atoms with Crippen molar-refractivity contribution >= 4 is 23.3 Å². The van der Waals surface area contributed by atoms with E-state index in [1.165, 1.54) is 0 Å². The Hall–Kier alpha value is -1.92. The largest absolute Gasteiger partial charge is 0.360 e. The van der Waals surface area contributed by atoms with E-state index in [1.54, 1.807) is 25.3 Å². The third-order valence-electron chi connectivity index (χ3n) is 2.86. The average Bonchev–Trinajstić information content (AvgIpc) is 2.84. The molecule has 0 aliphatic carbocycles. The van der Waals surface area contributed by atoms with Gasteiger partial charge >= 0.3 is 0 Å². The minimum Gasteiger partial charge on any atom is -0.360 e. The summed E-state index contributed by atoms with van der Waals surface area (Å²) in [7, 11) is 1.95. The van der Waals surface area contributed by atoms with Gasteiger partial charge in [0.2, 0.25) is 5.91 Å². The van der Waals surface area contributed by atoms with Gasteiger partial charge in [-0.05, 0) is 25.6 Å². The van der Waals surface area contributed by atoms with Crippen molar-refractivity contribution in [3.63, 3.8) is 0 Å². The van der Waals surface area contributed by atoms with E-state index in [2.05, 4.69) is 15.5 Å². The summed E-state index contributed by atoms with van der Waals surface area (Å²) in [4.78, 5) is 17.8. The molecule has 0 saturated carbocycles. The summed E-state index contributed by atoms with van der Waals surface area (Å²) < 4.78 is 4.89. The zero-order valence-corrected chi connectivity index (χ0v) is 12.7. The molecular formula is C14H17ClN4O2. The van der Waals surface area contributed by atoms with Gasteiger partial charge in [0.1, 0.15) is 10.9 Å². The fraction of sp³-hybridized carbons (Fsp3) is 0.357. The fourth-order valence-corrected chi connectivity index (χ4v) is 1.93. The molecule has 6 nitrogen and oxygen atoms in total. The Bertz CT molecular complexity index is 597. The van der Waals surface area contributed by atoms with Gasteiger partial charge in [-0.25, -0.2) is 4.98 Å². The van der Waals surface area contributed by atoms with Gasteiger partial charge in [0.25, 0.3) is 0 Å². The number of rotatable bonds is 6. The molecule has 112 valence electrons. The van der Waals surface area contributed by atoms with Gasteiger partial charge in [0, 0.05) is 31.8 Å². The van der Waals surface area contributed by atoms with E-state index < -0.39 is 0 Å². The molecule has 0 aliphatic heterocycles. The standard InChI is InChI=1S/C14H17ClN4O2/c1-10-7-13(18-21-10)17-14(20)5-6-19(2)9-11-3-4-12(15)16-8-11/h3-4,7-8H,5-6,9H2,1-2H3,(H,17,18,20). The minimum absolute atomic E-state index is 0.0932. The van der Waals surface area contributed by atoms with Crippen LogP contribution in [-0.2, 0) is 11.3 Å². The predicted molar refractivity (Wildman–Crippen MR) is 80.1 cm³/mol. The second kappa shape index (κ2) is 7.19. The lowest BCUT2D eigenvalue weighted by molar-refractivity contribution is -0.116. The SMILES string of the molecule is Cc1cc(NC(=O)CCN(C)Cc2ccc(Cl)nc2)no1. The number of carbonyl (C=O) groups excluding carboxylic acids is 1. The van der Waals surface area contributed by atoms with E-state index in [0.717, 1.165) is 5.56 Å². The Kier molecular flexibility index (Phi) is 5.30. The first-order valence-electron chi connectivity index (χ1n) is 6.55. The monoisotopic (exact) mass is 308 g/mol. The highest BCUT2D eigenvalue weighted by Gasteiger charge is 2.08. The quantitative estimate of drug-likeness (QED) is 0.830. The van der Waals surface area contributed by atoms with Crippen LogP contribution in [0.15, 0.2) is 28.9 Å². The van der Waals surface area contributed by atoms with Crippen LogP contribution in [-0.4, -0.2) is 34.5 Å². The van der Waals surface area contributed by atoms with Crippen molar-refractivity contribution in [1.82, 2.24) is 15.0 Å². The van der Waals surface area contributed by atoms with E-state index >= 15 is 0 Å². The van der Waals surface area contributed by atoms with Crippen LogP contribution in [0.1, 0.15) is 17.7 Å². The van der Waals surface area contributed by atoms with Crippen LogP contribution < -0.4 is 5.32 Å². The number of nitrogens with one attached hydrogen (secondary N) is 1. The van der Waals surface area contributed by atoms with Crippen LogP contribution in [0.5, 0.6) is 0 Å². The number of halogens is 1. The van der Waals surface area contributed by atoms with Crippen molar-refractivity contribution in [3.8, 4) is 0 Å². The molecule has 2 aromatic heterocycles. The molecule has 2 heterocycles. The van der Waals surface area contributed by atoms with Crippen molar-refractivity contribution in [2.75, 3.05) is 18.9 Å². The van der Waals surface area contributed by atoms with Gasteiger partial charge in [0.05, 0.1) is 0 Å². The Balaban J connectivity index is 1.74. The molecule has 2 rings (SSSR count). The normalized spacial score (nSPS) is 10.9. The summed E-state index contributed by atoms with van der Waals surface area (Å²) in [5.41, 5.74) is 1.05. The molecule has 0 unspecified atom stereocenters. The number of hydrogen-bond donors (Lipinski definition) is 1. The van der Waals surface area contributed by atoms with Gasteiger partial charge in [-0.15, -0.1) is 0 Å². The minimum atomic E-state index is -0.0932. The van der Waals surface area contributed by atoms with Gasteiger partial charge in [-0.3, -0.25) is 4.79 Å². The fourth-order valence-electron chi connectivity index (χ4n) is 1.81. The summed E-state index contributed by atoms with van der Waals surface area (Å²) in [6.07, 6.45) is 2.11. The van der Waals surface area contributed by atoms with Gasteiger partial charge in [-0.1, -0.05) is 22.8 Å². The summed E-state index contributed by atoms with van der Waals surface area (Å²) >= 11 is 5.74. The van der Waals surface area contributed by atoms with Crippen molar-refractivity contribution < 1.29 is 9.32 Å².